The van der Waals surface area contributed by atoms with Crippen LogP contribution in [0.25, 0.3) is 0 Å². The molecule has 0 aliphatic rings. The molecule has 0 amide bonds. The van der Waals surface area contributed by atoms with Crippen LogP contribution in [0.5, 0.6) is 11.5 Å². The van der Waals surface area contributed by atoms with Crippen molar-refractivity contribution in [2.75, 3.05) is 21.3 Å². The Labute approximate surface area is 137 Å². The number of benzene rings is 2. The molecule has 0 radical (unpaired) electrons. The summed E-state index contributed by atoms with van der Waals surface area (Å²) in [6.45, 7) is 4.22. The highest BCUT2D eigenvalue weighted by Crippen LogP contribution is 2.35. The van der Waals surface area contributed by atoms with Gasteiger partial charge in [-0.25, -0.2) is 4.79 Å². The van der Waals surface area contributed by atoms with E-state index in [1.807, 2.05) is 36.4 Å². The van der Waals surface area contributed by atoms with E-state index in [0.29, 0.717) is 11.3 Å². The largest absolute Gasteiger partial charge is 0.497 e. The minimum Gasteiger partial charge on any atom is -0.497 e. The van der Waals surface area contributed by atoms with Crippen molar-refractivity contribution in [3.8, 4) is 11.5 Å². The van der Waals surface area contributed by atoms with Crippen molar-refractivity contribution >= 4 is 5.97 Å². The predicted octanol–water partition coefficient (Wildman–Crippen LogP) is 3.82. The van der Waals surface area contributed by atoms with Gasteiger partial charge in [0.2, 0.25) is 0 Å². The van der Waals surface area contributed by atoms with E-state index in [2.05, 4.69) is 13.8 Å². The second-order valence-corrected chi connectivity index (χ2v) is 5.76. The number of esters is 1. The number of rotatable bonds is 5. The van der Waals surface area contributed by atoms with Crippen molar-refractivity contribution in [2.45, 2.75) is 19.3 Å². The second kappa shape index (κ2) is 6.73. The highest BCUT2D eigenvalue weighted by Gasteiger charge is 2.25. The summed E-state index contributed by atoms with van der Waals surface area (Å²) in [5.74, 6) is 0.912. The molecule has 2 aromatic carbocycles. The smallest absolute Gasteiger partial charge is 0.341 e. The van der Waals surface area contributed by atoms with Gasteiger partial charge in [-0.1, -0.05) is 32.0 Å². The fourth-order valence-electron chi connectivity index (χ4n) is 2.54. The lowest BCUT2D eigenvalue weighted by atomic mass is 9.77. The Balaban J connectivity index is 2.47. The van der Waals surface area contributed by atoms with Gasteiger partial charge in [-0.05, 0) is 35.4 Å². The highest BCUT2D eigenvalue weighted by atomic mass is 16.5. The molecule has 4 nitrogen and oxygen atoms in total. The Hall–Kier alpha value is -2.49. The molecule has 0 heterocycles. The average molecular weight is 314 g/mol. The van der Waals surface area contributed by atoms with Crippen LogP contribution in [0.3, 0.4) is 0 Å². The van der Waals surface area contributed by atoms with Crippen LogP contribution in [0.15, 0.2) is 42.5 Å². The van der Waals surface area contributed by atoms with Crippen LogP contribution in [-0.4, -0.2) is 27.3 Å². The van der Waals surface area contributed by atoms with Crippen molar-refractivity contribution in [3.05, 3.63) is 59.2 Å². The molecule has 0 saturated carbocycles. The summed E-state index contributed by atoms with van der Waals surface area (Å²) < 4.78 is 15.3. The number of carbonyl (C=O) groups is 1. The summed E-state index contributed by atoms with van der Waals surface area (Å²) in [4.78, 5) is 12.0. The molecular weight excluding hydrogens is 292 g/mol. The molecule has 0 bridgehead atoms. The minimum atomic E-state index is -0.408. The van der Waals surface area contributed by atoms with Crippen LogP contribution in [-0.2, 0) is 10.2 Å². The number of hydrogen-bond donors (Lipinski definition) is 0. The monoisotopic (exact) mass is 314 g/mol. The quantitative estimate of drug-likeness (QED) is 0.787. The molecule has 2 rings (SSSR count). The van der Waals surface area contributed by atoms with Gasteiger partial charge in [-0.15, -0.1) is 0 Å². The van der Waals surface area contributed by atoms with Crippen molar-refractivity contribution in [1.82, 2.24) is 0 Å². The minimum absolute atomic E-state index is 0.276. The molecular formula is C19H22O4. The van der Waals surface area contributed by atoms with E-state index in [-0.39, 0.29) is 5.41 Å². The van der Waals surface area contributed by atoms with Crippen LogP contribution >= 0.6 is 0 Å². The van der Waals surface area contributed by atoms with E-state index in [4.69, 9.17) is 14.2 Å². The zero-order valence-corrected chi connectivity index (χ0v) is 14.2. The maximum Gasteiger partial charge on any atom is 0.341 e. The van der Waals surface area contributed by atoms with Gasteiger partial charge in [-0.3, -0.25) is 0 Å². The first-order valence-corrected chi connectivity index (χ1v) is 7.35. The van der Waals surface area contributed by atoms with Gasteiger partial charge in [-0.2, -0.15) is 0 Å². The highest BCUT2D eigenvalue weighted by molar-refractivity contribution is 5.92. The molecule has 0 aromatic heterocycles. The zero-order valence-electron chi connectivity index (χ0n) is 14.2. The molecule has 0 unspecified atom stereocenters. The maximum atomic E-state index is 12.0. The summed E-state index contributed by atoms with van der Waals surface area (Å²) >= 11 is 0. The summed E-state index contributed by atoms with van der Waals surface area (Å²) in [5, 5.41) is 0. The lowest BCUT2D eigenvalue weighted by Crippen LogP contribution is -2.20. The van der Waals surface area contributed by atoms with Gasteiger partial charge in [0.05, 0.1) is 21.3 Å². The lowest BCUT2D eigenvalue weighted by Gasteiger charge is -2.27. The van der Waals surface area contributed by atoms with Crippen LogP contribution in [0.4, 0.5) is 0 Å². The average Bonchev–Trinajstić information content (AvgIpc) is 2.60. The normalized spacial score (nSPS) is 11.0. The number of carbonyl (C=O) groups excluding carboxylic acids is 1. The third-order valence-corrected chi connectivity index (χ3v) is 4.14. The molecule has 0 saturated heterocycles. The number of methoxy groups -OCH3 is 3. The van der Waals surface area contributed by atoms with Crippen molar-refractivity contribution in [3.63, 3.8) is 0 Å². The fraction of sp³-hybridized carbons (Fsp3) is 0.316. The van der Waals surface area contributed by atoms with Crippen LogP contribution in [0, 0.1) is 0 Å². The fourth-order valence-corrected chi connectivity index (χ4v) is 2.54. The molecule has 23 heavy (non-hydrogen) atoms. The van der Waals surface area contributed by atoms with E-state index >= 15 is 0 Å². The van der Waals surface area contributed by atoms with Crippen molar-refractivity contribution in [1.29, 1.82) is 0 Å². The molecule has 0 aliphatic heterocycles. The molecule has 0 spiro atoms. The number of ether oxygens (including phenoxy) is 3. The summed E-state index contributed by atoms with van der Waals surface area (Å²) in [6, 6.07) is 13.5. The second-order valence-electron chi connectivity index (χ2n) is 5.76. The molecule has 0 aliphatic carbocycles. The van der Waals surface area contributed by atoms with Crippen LogP contribution < -0.4 is 9.47 Å². The molecule has 4 heteroatoms. The van der Waals surface area contributed by atoms with Gasteiger partial charge in [0.15, 0.2) is 0 Å². The lowest BCUT2D eigenvalue weighted by molar-refractivity contribution is 0.0597. The summed E-state index contributed by atoms with van der Waals surface area (Å²) in [7, 11) is 4.55. The van der Waals surface area contributed by atoms with Crippen molar-refractivity contribution in [2.24, 2.45) is 0 Å². The first kappa shape index (κ1) is 16.9. The summed E-state index contributed by atoms with van der Waals surface area (Å²) in [6.07, 6.45) is 0. The number of hydrogen-bond acceptors (Lipinski definition) is 4. The first-order valence-electron chi connectivity index (χ1n) is 7.35. The Morgan fingerprint density at radius 2 is 1.48 bits per heavy atom. The Kier molecular flexibility index (Phi) is 4.94. The van der Waals surface area contributed by atoms with Crippen LogP contribution in [0.1, 0.15) is 35.3 Å². The molecule has 0 atom stereocenters. The Morgan fingerprint density at radius 3 is 2.00 bits per heavy atom. The van der Waals surface area contributed by atoms with Gasteiger partial charge < -0.3 is 14.2 Å². The van der Waals surface area contributed by atoms with E-state index < -0.39 is 5.97 Å². The van der Waals surface area contributed by atoms with Crippen LogP contribution in [0.2, 0.25) is 0 Å². The first-order chi connectivity index (χ1) is 10.9. The maximum absolute atomic E-state index is 12.0. The molecule has 0 N–H and O–H groups in total. The standard InChI is InChI=1S/C19H22O4/c1-19(2,13-6-9-15(21-3)10-7-13)14-8-11-17(22-4)16(12-14)18(20)23-5/h6-12H,1-5H3. The van der Waals surface area contributed by atoms with Gasteiger partial charge in [0, 0.05) is 5.41 Å². The van der Waals surface area contributed by atoms with E-state index in [1.54, 1.807) is 13.2 Å². The van der Waals surface area contributed by atoms with Gasteiger partial charge in [0.1, 0.15) is 17.1 Å². The SMILES string of the molecule is COC(=O)c1cc(C(C)(C)c2ccc(OC)cc2)ccc1OC. The van der Waals surface area contributed by atoms with Gasteiger partial charge in [0.25, 0.3) is 0 Å². The zero-order chi connectivity index (χ0) is 17.0. The van der Waals surface area contributed by atoms with E-state index in [9.17, 15) is 4.79 Å². The third-order valence-electron chi connectivity index (χ3n) is 4.14. The van der Waals surface area contributed by atoms with Gasteiger partial charge >= 0.3 is 5.97 Å². The molecule has 0 fully saturated rings. The summed E-state index contributed by atoms with van der Waals surface area (Å²) in [5.41, 5.74) is 2.28. The predicted molar refractivity (Wildman–Crippen MR) is 89.5 cm³/mol. The van der Waals surface area contributed by atoms with E-state index in [0.717, 1.165) is 16.9 Å². The molecule has 122 valence electrons. The third kappa shape index (κ3) is 3.31. The van der Waals surface area contributed by atoms with Crippen molar-refractivity contribution < 1.29 is 19.0 Å². The Morgan fingerprint density at radius 1 is 0.870 bits per heavy atom. The topological polar surface area (TPSA) is 44.8 Å². The molecule has 2 aromatic rings. The van der Waals surface area contributed by atoms with E-state index in [1.165, 1.54) is 14.2 Å². The Bertz CT molecular complexity index is 687.